The van der Waals surface area contributed by atoms with E-state index in [-0.39, 0.29) is 30.1 Å². The SMILES string of the molecule is COc1cc(C(=O)CN2Cc3ccc(C4CC4)nc3C2=N)cc(C(C)(C)C)c1OCCCC(N)=O. The zero-order valence-electron chi connectivity index (χ0n) is 20.9. The molecule has 0 bridgehead atoms. The zero-order chi connectivity index (χ0) is 25.3. The molecule has 1 amide bonds. The molecule has 0 unspecified atom stereocenters. The number of ketones is 1. The fourth-order valence-corrected chi connectivity index (χ4v) is 4.32. The Morgan fingerprint density at radius 2 is 1.97 bits per heavy atom. The van der Waals surface area contributed by atoms with E-state index in [0.29, 0.717) is 54.1 Å². The van der Waals surface area contributed by atoms with Gasteiger partial charge in [0, 0.05) is 41.3 Å². The summed E-state index contributed by atoms with van der Waals surface area (Å²) in [5.41, 5.74) is 8.98. The first-order chi connectivity index (χ1) is 16.6. The minimum Gasteiger partial charge on any atom is -0.493 e. The van der Waals surface area contributed by atoms with Gasteiger partial charge in [0.05, 0.1) is 20.3 Å². The van der Waals surface area contributed by atoms with Gasteiger partial charge in [0.2, 0.25) is 5.91 Å². The van der Waals surface area contributed by atoms with Crippen molar-refractivity contribution in [3.63, 3.8) is 0 Å². The number of methoxy groups -OCH3 is 1. The van der Waals surface area contributed by atoms with Gasteiger partial charge in [-0.3, -0.25) is 15.0 Å². The molecule has 3 N–H and O–H groups in total. The zero-order valence-corrected chi connectivity index (χ0v) is 20.9. The lowest BCUT2D eigenvalue weighted by molar-refractivity contribution is -0.118. The molecule has 2 heterocycles. The average Bonchev–Trinajstić information content (AvgIpc) is 3.61. The number of rotatable bonds is 10. The lowest BCUT2D eigenvalue weighted by Gasteiger charge is -2.26. The summed E-state index contributed by atoms with van der Waals surface area (Å²) < 4.78 is 11.6. The van der Waals surface area contributed by atoms with Crippen LogP contribution in [-0.4, -0.2) is 47.7 Å². The number of nitrogens with one attached hydrogen (secondary N) is 1. The number of hydrogen-bond donors (Lipinski definition) is 2. The number of hydrogen-bond acceptors (Lipinski definition) is 6. The summed E-state index contributed by atoms with van der Waals surface area (Å²) in [5, 5.41) is 8.61. The van der Waals surface area contributed by atoms with Crippen LogP contribution in [-0.2, 0) is 16.8 Å². The number of fused-ring (bicyclic) bond motifs is 1. The van der Waals surface area contributed by atoms with Crippen LogP contribution in [0.15, 0.2) is 24.3 Å². The van der Waals surface area contributed by atoms with Gasteiger partial charge < -0.3 is 20.1 Å². The normalized spacial score (nSPS) is 15.2. The van der Waals surface area contributed by atoms with Gasteiger partial charge in [-0.1, -0.05) is 26.8 Å². The highest BCUT2D eigenvalue weighted by Crippen LogP contribution is 2.41. The third kappa shape index (κ3) is 5.47. The summed E-state index contributed by atoms with van der Waals surface area (Å²) in [5.74, 6) is 1.38. The first-order valence-corrected chi connectivity index (χ1v) is 12.1. The number of primary amides is 1. The molecular weight excluding hydrogens is 444 g/mol. The van der Waals surface area contributed by atoms with Gasteiger partial charge >= 0.3 is 0 Å². The molecular formula is C27H34N4O4. The third-order valence-corrected chi connectivity index (χ3v) is 6.45. The first-order valence-electron chi connectivity index (χ1n) is 12.1. The number of carbonyl (C=O) groups is 2. The second-order valence-electron chi connectivity index (χ2n) is 10.4. The number of ether oxygens (including phenoxy) is 2. The van der Waals surface area contributed by atoms with Gasteiger partial charge in [-0.05, 0) is 42.9 Å². The Labute approximate surface area is 206 Å². The fourth-order valence-electron chi connectivity index (χ4n) is 4.32. The molecule has 35 heavy (non-hydrogen) atoms. The predicted molar refractivity (Wildman–Crippen MR) is 133 cm³/mol. The average molecular weight is 479 g/mol. The molecule has 0 saturated heterocycles. The third-order valence-electron chi connectivity index (χ3n) is 6.45. The predicted octanol–water partition coefficient (Wildman–Crippen LogP) is 3.93. The molecule has 0 spiro atoms. The van der Waals surface area contributed by atoms with Gasteiger partial charge in [-0.15, -0.1) is 0 Å². The van der Waals surface area contributed by atoms with E-state index in [9.17, 15) is 9.59 Å². The van der Waals surface area contributed by atoms with Crippen molar-refractivity contribution in [3.8, 4) is 11.5 Å². The van der Waals surface area contributed by atoms with Crippen LogP contribution in [0.3, 0.4) is 0 Å². The largest absolute Gasteiger partial charge is 0.493 e. The molecule has 1 fully saturated rings. The van der Waals surface area contributed by atoms with E-state index < -0.39 is 0 Å². The summed E-state index contributed by atoms with van der Waals surface area (Å²) in [6, 6.07) is 7.64. The number of amides is 1. The highest BCUT2D eigenvalue weighted by atomic mass is 16.5. The molecule has 8 heteroatoms. The van der Waals surface area contributed by atoms with Gasteiger partial charge in [0.25, 0.3) is 0 Å². The molecule has 0 radical (unpaired) electrons. The minimum atomic E-state index is -0.369. The van der Waals surface area contributed by atoms with E-state index in [0.717, 1.165) is 29.7 Å². The van der Waals surface area contributed by atoms with Crippen molar-refractivity contribution < 1.29 is 19.1 Å². The Balaban J connectivity index is 1.54. The molecule has 186 valence electrons. The highest BCUT2D eigenvalue weighted by molar-refractivity contribution is 6.04. The topological polar surface area (TPSA) is 119 Å². The van der Waals surface area contributed by atoms with Gasteiger partial charge in [-0.2, -0.15) is 0 Å². The second-order valence-corrected chi connectivity index (χ2v) is 10.4. The van der Waals surface area contributed by atoms with E-state index in [1.807, 2.05) is 32.9 Å². The second kappa shape index (κ2) is 9.68. The Hall–Kier alpha value is -3.42. The van der Waals surface area contributed by atoms with Gasteiger partial charge in [0.1, 0.15) is 11.5 Å². The van der Waals surface area contributed by atoms with Crippen molar-refractivity contribution in [2.24, 2.45) is 5.73 Å². The van der Waals surface area contributed by atoms with E-state index >= 15 is 0 Å². The van der Waals surface area contributed by atoms with Crippen LogP contribution >= 0.6 is 0 Å². The number of benzene rings is 1. The molecule has 4 rings (SSSR count). The molecule has 1 aliphatic heterocycles. The Kier molecular flexibility index (Phi) is 6.83. The number of pyridine rings is 1. The van der Waals surface area contributed by atoms with Crippen molar-refractivity contribution >= 4 is 17.5 Å². The smallest absolute Gasteiger partial charge is 0.217 e. The molecule has 1 aromatic carbocycles. The van der Waals surface area contributed by atoms with Crippen LogP contribution < -0.4 is 15.2 Å². The van der Waals surface area contributed by atoms with Crippen LogP contribution in [0, 0.1) is 5.41 Å². The van der Waals surface area contributed by atoms with E-state index in [4.69, 9.17) is 25.6 Å². The van der Waals surface area contributed by atoms with Crippen LogP contribution in [0.5, 0.6) is 11.5 Å². The molecule has 1 aliphatic carbocycles. The van der Waals surface area contributed by atoms with Crippen LogP contribution in [0.2, 0.25) is 0 Å². The number of carbonyl (C=O) groups excluding carboxylic acids is 2. The maximum Gasteiger partial charge on any atom is 0.217 e. The molecule has 2 aromatic rings. The highest BCUT2D eigenvalue weighted by Gasteiger charge is 2.32. The Morgan fingerprint density at radius 3 is 2.60 bits per heavy atom. The Morgan fingerprint density at radius 1 is 1.23 bits per heavy atom. The van der Waals surface area contributed by atoms with E-state index in [1.165, 1.54) is 0 Å². The minimum absolute atomic E-state index is 0.0828. The lowest BCUT2D eigenvalue weighted by Crippen LogP contribution is -2.30. The standard InChI is InChI=1S/C27H34N4O4/c1-27(2,3)19-12-18(13-22(34-4)25(19)35-11-5-6-23(28)33)21(32)15-31-14-17-9-10-20(16-7-8-16)30-24(17)26(31)29/h9-10,12-13,16,29H,5-8,11,14-15H2,1-4H3,(H2,28,33). The first kappa shape index (κ1) is 24.7. The summed E-state index contributed by atoms with van der Waals surface area (Å²) in [6.45, 7) is 7.03. The number of aromatic nitrogens is 1. The van der Waals surface area contributed by atoms with Gasteiger partial charge in [-0.25, -0.2) is 4.98 Å². The lowest BCUT2D eigenvalue weighted by atomic mass is 9.84. The summed E-state index contributed by atoms with van der Waals surface area (Å²) in [7, 11) is 1.54. The number of Topliss-reactive ketones (excluding diaryl/α,β-unsaturated/α-hetero) is 1. The Bertz CT molecular complexity index is 1160. The van der Waals surface area contributed by atoms with E-state index in [1.54, 1.807) is 18.1 Å². The summed E-state index contributed by atoms with van der Waals surface area (Å²) in [4.78, 5) is 30.9. The summed E-state index contributed by atoms with van der Waals surface area (Å²) in [6.07, 6.45) is 3.05. The van der Waals surface area contributed by atoms with Gasteiger partial charge in [0.15, 0.2) is 17.3 Å². The molecule has 1 saturated carbocycles. The van der Waals surface area contributed by atoms with Crippen LogP contribution in [0.25, 0.3) is 0 Å². The molecule has 1 aromatic heterocycles. The molecule has 0 atom stereocenters. The molecule has 2 aliphatic rings. The van der Waals surface area contributed by atoms with Crippen molar-refractivity contribution in [2.75, 3.05) is 20.3 Å². The maximum atomic E-state index is 13.4. The monoisotopic (exact) mass is 478 g/mol. The van der Waals surface area contributed by atoms with Crippen molar-refractivity contribution in [3.05, 3.63) is 52.3 Å². The fraction of sp³-hybridized carbons (Fsp3) is 0.481. The quantitative estimate of drug-likeness (QED) is 0.394. The van der Waals surface area contributed by atoms with Crippen LogP contribution in [0.4, 0.5) is 0 Å². The number of nitrogens with zero attached hydrogens (tertiary/aromatic N) is 2. The van der Waals surface area contributed by atoms with Crippen molar-refractivity contribution in [1.29, 1.82) is 5.41 Å². The van der Waals surface area contributed by atoms with Crippen molar-refractivity contribution in [1.82, 2.24) is 9.88 Å². The maximum absolute atomic E-state index is 13.4. The molecule has 8 nitrogen and oxygen atoms in total. The number of amidine groups is 1. The summed E-state index contributed by atoms with van der Waals surface area (Å²) >= 11 is 0. The van der Waals surface area contributed by atoms with Crippen LogP contribution in [0.1, 0.15) is 85.2 Å². The van der Waals surface area contributed by atoms with E-state index in [2.05, 4.69) is 6.07 Å². The number of nitrogens with two attached hydrogens (primary N) is 1. The van der Waals surface area contributed by atoms with Crippen molar-refractivity contribution in [2.45, 2.75) is 64.3 Å².